The van der Waals surface area contributed by atoms with Crippen LogP contribution in [0.15, 0.2) is 35.7 Å². The lowest BCUT2D eigenvalue weighted by Gasteiger charge is -2.02. The van der Waals surface area contributed by atoms with Crippen LogP contribution in [0.2, 0.25) is 5.02 Å². The van der Waals surface area contributed by atoms with Crippen LogP contribution in [-0.4, -0.2) is 0 Å². The first-order valence-corrected chi connectivity index (χ1v) is 7.55. The second-order valence-corrected chi connectivity index (χ2v) is 6.87. The van der Waals surface area contributed by atoms with Gasteiger partial charge in [0.1, 0.15) is 0 Å². The second kappa shape index (κ2) is 4.50. The molecular formula is C14H10ClNS2. The van der Waals surface area contributed by atoms with E-state index in [4.69, 9.17) is 17.0 Å². The van der Waals surface area contributed by atoms with Crippen molar-refractivity contribution in [3.63, 3.8) is 0 Å². The molecule has 0 spiro atoms. The number of thiophene rings is 1. The minimum atomic E-state index is 0.595. The lowest BCUT2D eigenvalue weighted by Crippen LogP contribution is -1.97. The van der Waals surface area contributed by atoms with Crippen molar-refractivity contribution in [2.24, 2.45) is 0 Å². The fourth-order valence-corrected chi connectivity index (χ4v) is 4.49. The van der Waals surface area contributed by atoms with Gasteiger partial charge in [-0.2, -0.15) is 0 Å². The molecule has 0 aliphatic rings. The zero-order chi connectivity index (χ0) is 12.7. The van der Waals surface area contributed by atoms with Crippen molar-refractivity contribution in [2.45, 2.75) is 6.92 Å². The number of hydrogen-bond donors (Lipinski definition) is 1. The molecule has 0 aliphatic carbocycles. The van der Waals surface area contributed by atoms with Crippen molar-refractivity contribution in [1.82, 2.24) is 0 Å². The molecule has 0 atom stereocenters. The monoisotopic (exact) mass is 291 g/mol. The number of hydrogen-bond acceptors (Lipinski definition) is 3. The van der Waals surface area contributed by atoms with Crippen LogP contribution < -0.4 is 5.36 Å². The molecule has 90 valence electrons. The maximum Gasteiger partial charge on any atom is 0.0895 e. The molecule has 3 aromatic rings. The first-order chi connectivity index (χ1) is 8.66. The van der Waals surface area contributed by atoms with Crippen molar-refractivity contribution in [2.75, 3.05) is 0 Å². The number of benzene rings is 1. The Balaban J connectivity index is 2.38. The van der Waals surface area contributed by atoms with Crippen molar-refractivity contribution in [3.8, 4) is 11.1 Å². The maximum atomic E-state index is 8.10. The fraction of sp³-hybridized carbons (Fsp3) is 0.0714. The molecule has 4 heteroatoms. The summed E-state index contributed by atoms with van der Waals surface area (Å²) in [6.45, 7) is 2.11. The summed E-state index contributed by atoms with van der Waals surface area (Å²) in [5, 5.41) is 12.5. The van der Waals surface area contributed by atoms with Gasteiger partial charge in [-0.1, -0.05) is 23.7 Å². The Morgan fingerprint density at radius 3 is 2.56 bits per heavy atom. The van der Waals surface area contributed by atoms with Gasteiger partial charge in [0.15, 0.2) is 0 Å². The van der Waals surface area contributed by atoms with Gasteiger partial charge in [-0.3, -0.25) is 0 Å². The largest absolute Gasteiger partial charge is 0.300 e. The van der Waals surface area contributed by atoms with Gasteiger partial charge in [-0.25, -0.2) is 0 Å². The Hall–Kier alpha value is -1.16. The zero-order valence-corrected chi connectivity index (χ0v) is 12.0. The lowest BCUT2D eigenvalue weighted by molar-refractivity contribution is 1.32. The molecule has 0 fully saturated rings. The summed E-state index contributed by atoms with van der Waals surface area (Å²) >= 11 is 9.38. The molecule has 0 amide bonds. The lowest BCUT2D eigenvalue weighted by atomic mass is 10.0. The average Bonchev–Trinajstić information content (AvgIpc) is 2.68. The van der Waals surface area contributed by atoms with Gasteiger partial charge in [0.2, 0.25) is 0 Å². The van der Waals surface area contributed by atoms with Gasteiger partial charge >= 0.3 is 0 Å². The predicted octanol–water partition coefficient (Wildman–Crippen LogP) is 5.07. The summed E-state index contributed by atoms with van der Waals surface area (Å²) in [4.78, 5) is 1.25. The third-order valence-electron chi connectivity index (χ3n) is 2.86. The van der Waals surface area contributed by atoms with Gasteiger partial charge in [0.05, 0.1) is 9.37 Å². The van der Waals surface area contributed by atoms with E-state index in [1.54, 1.807) is 22.7 Å². The van der Waals surface area contributed by atoms with Crippen LogP contribution in [0.1, 0.15) is 4.88 Å². The Labute approximate surface area is 118 Å². The molecule has 1 aromatic carbocycles. The van der Waals surface area contributed by atoms with Crippen LogP contribution in [0, 0.1) is 12.3 Å². The Bertz CT molecular complexity index is 769. The first-order valence-electron chi connectivity index (χ1n) is 5.48. The number of fused-ring (bicyclic) bond motifs is 1. The zero-order valence-electron chi connectivity index (χ0n) is 9.66. The van der Waals surface area contributed by atoms with Crippen LogP contribution in [-0.2, 0) is 0 Å². The summed E-state index contributed by atoms with van der Waals surface area (Å²) in [6, 6.07) is 9.70. The third-order valence-corrected chi connectivity index (χ3v) is 5.24. The highest BCUT2D eigenvalue weighted by atomic mass is 35.5. The minimum absolute atomic E-state index is 0.595. The fourth-order valence-electron chi connectivity index (χ4n) is 2.06. The summed E-state index contributed by atoms with van der Waals surface area (Å²) < 4.78 is 1.21. The van der Waals surface area contributed by atoms with E-state index in [1.165, 1.54) is 14.5 Å². The van der Waals surface area contributed by atoms with Crippen molar-refractivity contribution in [1.29, 1.82) is 5.41 Å². The van der Waals surface area contributed by atoms with E-state index in [2.05, 4.69) is 6.92 Å². The van der Waals surface area contributed by atoms with Crippen LogP contribution in [0.5, 0.6) is 0 Å². The molecule has 18 heavy (non-hydrogen) atoms. The summed E-state index contributed by atoms with van der Waals surface area (Å²) in [6.07, 6.45) is 0. The molecule has 2 aromatic heterocycles. The molecule has 0 saturated heterocycles. The number of nitrogens with one attached hydrogen (secondary N) is 1. The van der Waals surface area contributed by atoms with E-state index in [9.17, 15) is 0 Å². The van der Waals surface area contributed by atoms with Gasteiger partial charge in [0.25, 0.3) is 0 Å². The highest BCUT2D eigenvalue weighted by Crippen LogP contribution is 2.38. The minimum Gasteiger partial charge on any atom is -0.300 e. The molecular weight excluding hydrogens is 282 g/mol. The molecule has 3 rings (SSSR count). The first kappa shape index (κ1) is 11.9. The molecule has 1 N–H and O–H groups in total. The third kappa shape index (κ3) is 1.88. The second-order valence-electron chi connectivity index (χ2n) is 4.04. The normalized spacial score (nSPS) is 11.0. The van der Waals surface area contributed by atoms with Crippen LogP contribution in [0.4, 0.5) is 0 Å². The van der Waals surface area contributed by atoms with E-state index in [-0.39, 0.29) is 0 Å². The Kier molecular flexibility index (Phi) is 2.98. The summed E-state index contributed by atoms with van der Waals surface area (Å²) in [7, 11) is 0. The molecule has 0 aliphatic heterocycles. The summed E-state index contributed by atoms with van der Waals surface area (Å²) in [5.41, 5.74) is 2.31. The molecule has 2 heterocycles. The highest BCUT2D eigenvalue weighted by Gasteiger charge is 2.12. The SMILES string of the molecule is Cc1sc2sccc(=N)c2c1-c1ccc(Cl)cc1. The average molecular weight is 292 g/mol. The van der Waals surface area contributed by atoms with Gasteiger partial charge in [0, 0.05) is 20.8 Å². The quantitative estimate of drug-likeness (QED) is 0.647. The van der Waals surface area contributed by atoms with Crippen molar-refractivity contribution in [3.05, 3.63) is 51.0 Å². The van der Waals surface area contributed by atoms with Crippen LogP contribution in [0.25, 0.3) is 20.5 Å². The van der Waals surface area contributed by atoms with E-state index in [1.807, 2.05) is 35.7 Å². The molecule has 0 bridgehead atoms. The topological polar surface area (TPSA) is 23.9 Å². The molecule has 0 saturated carbocycles. The van der Waals surface area contributed by atoms with Crippen LogP contribution >= 0.6 is 34.3 Å². The van der Waals surface area contributed by atoms with E-state index in [0.717, 1.165) is 16.0 Å². The maximum absolute atomic E-state index is 8.10. The highest BCUT2D eigenvalue weighted by molar-refractivity contribution is 7.37. The van der Waals surface area contributed by atoms with Crippen LogP contribution in [0.3, 0.4) is 0 Å². The molecule has 0 unspecified atom stereocenters. The van der Waals surface area contributed by atoms with Gasteiger partial charge < -0.3 is 5.41 Å². The van der Waals surface area contributed by atoms with E-state index in [0.29, 0.717) is 5.36 Å². The van der Waals surface area contributed by atoms with Crippen molar-refractivity contribution < 1.29 is 0 Å². The van der Waals surface area contributed by atoms with Crippen molar-refractivity contribution >= 4 is 43.7 Å². The standard InChI is InChI=1S/C14H10ClNS2/c1-8-12(9-2-4-10(15)5-3-9)13-11(16)6-7-17-14(13)18-8/h2-7,16H,1H3. The van der Waals surface area contributed by atoms with Gasteiger partial charge in [-0.05, 0) is 36.1 Å². The number of rotatable bonds is 1. The predicted molar refractivity (Wildman–Crippen MR) is 80.7 cm³/mol. The van der Waals surface area contributed by atoms with E-state index >= 15 is 0 Å². The summed E-state index contributed by atoms with van der Waals surface area (Å²) in [5.74, 6) is 0. The number of halogens is 1. The van der Waals surface area contributed by atoms with Gasteiger partial charge in [-0.15, -0.1) is 22.7 Å². The molecule has 1 nitrogen and oxygen atoms in total. The Morgan fingerprint density at radius 1 is 1.11 bits per heavy atom. The van der Waals surface area contributed by atoms with E-state index < -0.39 is 0 Å². The number of aryl methyl sites for hydroxylation is 1. The molecule has 0 radical (unpaired) electrons. The Morgan fingerprint density at radius 2 is 1.83 bits per heavy atom. The smallest absolute Gasteiger partial charge is 0.0895 e.